The Kier molecular flexibility index (Phi) is 2.46. The zero-order valence-corrected chi connectivity index (χ0v) is 8.33. The van der Waals surface area contributed by atoms with Gasteiger partial charge in [0, 0.05) is 11.6 Å². The molecule has 0 unspecified atom stereocenters. The topological polar surface area (TPSA) is 38.9 Å². The minimum absolute atomic E-state index is 0.692. The highest BCUT2D eigenvalue weighted by atomic mass is 14.6. The predicted molar refractivity (Wildman–Crippen MR) is 59.2 cm³/mol. The summed E-state index contributed by atoms with van der Waals surface area (Å²) in [6.45, 7) is 2.80. The Morgan fingerprint density at radius 3 is 2.93 bits per heavy atom. The zero-order chi connectivity index (χ0) is 9.97. The molecule has 0 amide bonds. The second-order valence-electron chi connectivity index (χ2n) is 3.52. The number of fused-ring (bicyclic) bond motifs is 1. The molecule has 2 heteroatoms. The van der Waals surface area contributed by atoms with Crippen LogP contribution in [0.4, 0.5) is 0 Å². The lowest BCUT2D eigenvalue weighted by Gasteiger charge is -2.03. The normalized spacial score (nSPS) is 10.7. The van der Waals surface area contributed by atoms with Crippen molar-refractivity contribution in [1.82, 2.24) is 4.98 Å². The zero-order valence-electron chi connectivity index (χ0n) is 8.33. The van der Waals surface area contributed by atoms with Gasteiger partial charge in [-0.3, -0.25) is 4.98 Å². The third-order valence-corrected chi connectivity index (χ3v) is 2.46. The van der Waals surface area contributed by atoms with Gasteiger partial charge in [0.15, 0.2) is 0 Å². The molecule has 2 aromatic rings. The van der Waals surface area contributed by atoms with Gasteiger partial charge in [-0.15, -0.1) is 0 Å². The minimum atomic E-state index is 0.692. The maximum absolute atomic E-state index is 5.51. The number of rotatable bonds is 2. The molecule has 0 radical (unpaired) electrons. The first-order valence-electron chi connectivity index (χ1n) is 4.85. The van der Waals surface area contributed by atoms with Gasteiger partial charge < -0.3 is 5.73 Å². The lowest BCUT2D eigenvalue weighted by Crippen LogP contribution is -2.02. The second kappa shape index (κ2) is 3.76. The van der Waals surface area contributed by atoms with E-state index in [2.05, 4.69) is 30.1 Å². The molecule has 2 nitrogen and oxygen atoms in total. The molecule has 0 saturated heterocycles. The van der Waals surface area contributed by atoms with Crippen molar-refractivity contribution in [3.05, 3.63) is 41.6 Å². The Balaban J connectivity index is 2.56. The summed E-state index contributed by atoms with van der Waals surface area (Å²) in [4.78, 5) is 4.34. The number of aryl methyl sites for hydroxylation is 1. The fourth-order valence-corrected chi connectivity index (χ4v) is 1.66. The van der Waals surface area contributed by atoms with E-state index < -0.39 is 0 Å². The molecule has 1 heterocycles. The first kappa shape index (κ1) is 9.16. The lowest BCUT2D eigenvalue weighted by atomic mass is 10.1. The van der Waals surface area contributed by atoms with Crippen molar-refractivity contribution in [3.8, 4) is 0 Å². The van der Waals surface area contributed by atoms with E-state index in [0.717, 1.165) is 11.9 Å². The Morgan fingerprint density at radius 2 is 2.14 bits per heavy atom. The van der Waals surface area contributed by atoms with E-state index in [4.69, 9.17) is 5.73 Å². The molecule has 14 heavy (non-hydrogen) atoms. The standard InChI is InChI=1S/C12H14N2/c1-9-5-7-14-12-8-10(4-6-13)2-3-11(9)12/h2-3,5,7-8H,4,6,13H2,1H3. The summed E-state index contributed by atoms with van der Waals surface area (Å²) in [6.07, 6.45) is 2.77. The van der Waals surface area contributed by atoms with Gasteiger partial charge in [0.05, 0.1) is 5.52 Å². The number of benzene rings is 1. The highest BCUT2D eigenvalue weighted by Crippen LogP contribution is 2.17. The Morgan fingerprint density at radius 1 is 1.29 bits per heavy atom. The molecular formula is C12H14N2. The number of pyridine rings is 1. The molecule has 2 N–H and O–H groups in total. The third kappa shape index (κ3) is 1.61. The van der Waals surface area contributed by atoms with E-state index in [-0.39, 0.29) is 0 Å². The SMILES string of the molecule is Cc1ccnc2cc(CCN)ccc12. The van der Waals surface area contributed by atoms with Crippen LogP contribution in [0.25, 0.3) is 10.9 Å². The van der Waals surface area contributed by atoms with Crippen molar-refractivity contribution in [3.63, 3.8) is 0 Å². The molecule has 0 fully saturated rings. The van der Waals surface area contributed by atoms with Crippen LogP contribution in [0.3, 0.4) is 0 Å². The molecule has 1 aromatic heterocycles. The van der Waals surface area contributed by atoms with Crippen LogP contribution in [0.5, 0.6) is 0 Å². The van der Waals surface area contributed by atoms with E-state index in [1.165, 1.54) is 16.5 Å². The molecule has 0 atom stereocenters. The van der Waals surface area contributed by atoms with Gasteiger partial charge in [0.2, 0.25) is 0 Å². The molecule has 0 aliphatic rings. The Hall–Kier alpha value is -1.41. The first-order chi connectivity index (χ1) is 6.81. The largest absolute Gasteiger partial charge is 0.330 e. The summed E-state index contributed by atoms with van der Waals surface area (Å²) in [5.74, 6) is 0. The van der Waals surface area contributed by atoms with E-state index >= 15 is 0 Å². The highest BCUT2D eigenvalue weighted by Gasteiger charge is 1.98. The average molecular weight is 186 g/mol. The fraction of sp³-hybridized carbons (Fsp3) is 0.250. The molecule has 72 valence electrons. The summed E-state index contributed by atoms with van der Waals surface area (Å²) >= 11 is 0. The number of aromatic nitrogens is 1. The summed E-state index contributed by atoms with van der Waals surface area (Å²) in [5.41, 5.74) is 9.11. The van der Waals surface area contributed by atoms with Crippen LogP contribution < -0.4 is 5.73 Å². The lowest BCUT2D eigenvalue weighted by molar-refractivity contribution is 0.970. The van der Waals surface area contributed by atoms with E-state index in [1.807, 2.05) is 12.3 Å². The molecular weight excluding hydrogens is 172 g/mol. The highest BCUT2D eigenvalue weighted by molar-refractivity contribution is 5.82. The average Bonchev–Trinajstić information content (AvgIpc) is 2.18. The number of hydrogen-bond acceptors (Lipinski definition) is 2. The maximum Gasteiger partial charge on any atom is 0.0707 e. The van der Waals surface area contributed by atoms with Gasteiger partial charge in [-0.1, -0.05) is 12.1 Å². The monoisotopic (exact) mass is 186 g/mol. The summed E-state index contributed by atoms with van der Waals surface area (Å²) in [6, 6.07) is 8.41. The van der Waals surface area contributed by atoms with Crippen LogP contribution in [-0.2, 0) is 6.42 Å². The number of nitrogens with zero attached hydrogens (tertiary/aromatic N) is 1. The Bertz CT molecular complexity index is 449. The van der Waals surface area contributed by atoms with Crippen molar-refractivity contribution in [2.45, 2.75) is 13.3 Å². The van der Waals surface area contributed by atoms with Crippen molar-refractivity contribution < 1.29 is 0 Å². The smallest absolute Gasteiger partial charge is 0.0707 e. The molecule has 0 saturated carbocycles. The maximum atomic E-state index is 5.51. The second-order valence-corrected chi connectivity index (χ2v) is 3.52. The van der Waals surface area contributed by atoms with Crippen molar-refractivity contribution in [1.29, 1.82) is 0 Å². The molecule has 0 aliphatic carbocycles. The van der Waals surface area contributed by atoms with Crippen LogP contribution in [0, 0.1) is 6.92 Å². The van der Waals surface area contributed by atoms with Crippen LogP contribution in [0.15, 0.2) is 30.5 Å². The van der Waals surface area contributed by atoms with Gasteiger partial charge in [-0.2, -0.15) is 0 Å². The van der Waals surface area contributed by atoms with E-state index in [9.17, 15) is 0 Å². The fourth-order valence-electron chi connectivity index (χ4n) is 1.66. The van der Waals surface area contributed by atoms with Crippen molar-refractivity contribution in [2.75, 3.05) is 6.54 Å². The number of hydrogen-bond donors (Lipinski definition) is 1. The third-order valence-electron chi connectivity index (χ3n) is 2.46. The van der Waals surface area contributed by atoms with Crippen LogP contribution in [-0.4, -0.2) is 11.5 Å². The van der Waals surface area contributed by atoms with Crippen LogP contribution in [0.1, 0.15) is 11.1 Å². The molecule has 2 rings (SSSR count). The molecule has 0 bridgehead atoms. The predicted octanol–water partition coefficient (Wildman–Crippen LogP) is 2.04. The Labute approximate surface area is 83.8 Å². The number of nitrogens with two attached hydrogens (primary N) is 1. The van der Waals surface area contributed by atoms with Gasteiger partial charge >= 0.3 is 0 Å². The van der Waals surface area contributed by atoms with Gasteiger partial charge in [0.1, 0.15) is 0 Å². The van der Waals surface area contributed by atoms with E-state index in [0.29, 0.717) is 6.54 Å². The van der Waals surface area contributed by atoms with Crippen molar-refractivity contribution in [2.24, 2.45) is 5.73 Å². The minimum Gasteiger partial charge on any atom is -0.330 e. The molecule has 1 aromatic carbocycles. The molecule has 0 aliphatic heterocycles. The van der Waals surface area contributed by atoms with Gasteiger partial charge in [-0.25, -0.2) is 0 Å². The summed E-state index contributed by atoms with van der Waals surface area (Å²) in [5, 5.41) is 1.23. The van der Waals surface area contributed by atoms with Gasteiger partial charge in [0.25, 0.3) is 0 Å². The van der Waals surface area contributed by atoms with Crippen LogP contribution >= 0.6 is 0 Å². The molecule has 0 spiro atoms. The van der Waals surface area contributed by atoms with Crippen molar-refractivity contribution >= 4 is 10.9 Å². The van der Waals surface area contributed by atoms with Gasteiger partial charge in [-0.05, 0) is 43.1 Å². The van der Waals surface area contributed by atoms with Crippen LogP contribution in [0.2, 0.25) is 0 Å². The summed E-state index contributed by atoms with van der Waals surface area (Å²) in [7, 11) is 0. The van der Waals surface area contributed by atoms with E-state index in [1.54, 1.807) is 0 Å². The summed E-state index contributed by atoms with van der Waals surface area (Å²) < 4.78 is 0. The first-order valence-corrected chi connectivity index (χ1v) is 4.85. The quantitative estimate of drug-likeness (QED) is 0.779.